The van der Waals surface area contributed by atoms with Gasteiger partial charge in [0.05, 0.1) is 12.0 Å². The normalized spacial score (nSPS) is 10.2. The lowest BCUT2D eigenvalue weighted by Gasteiger charge is -2.09. The molecule has 0 saturated heterocycles. The molecule has 0 fully saturated rings. The molecule has 0 saturated carbocycles. The maximum Gasteiger partial charge on any atom is 0.295 e. The molecule has 0 aliphatic rings. The summed E-state index contributed by atoms with van der Waals surface area (Å²) in [7, 11) is 1.43. The molecule has 0 aliphatic heterocycles. The lowest BCUT2D eigenvalue weighted by molar-refractivity contribution is -0.384. The summed E-state index contributed by atoms with van der Waals surface area (Å²) in [5, 5.41) is 23.2. The second-order valence-electron chi connectivity index (χ2n) is 4.25. The van der Waals surface area contributed by atoms with Gasteiger partial charge in [0, 0.05) is 12.6 Å². The number of anilines is 1. The van der Waals surface area contributed by atoms with Gasteiger partial charge in [-0.05, 0) is 23.8 Å². The second kappa shape index (κ2) is 6.08. The van der Waals surface area contributed by atoms with E-state index >= 15 is 0 Å². The van der Waals surface area contributed by atoms with Crippen LogP contribution < -0.4 is 10.1 Å². The predicted octanol–water partition coefficient (Wildman–Crippen LogP) is 3.06. The highest BCUT2D eigenvalue weighted by Crippen LogP contribution is 2.29. The number of ether oxygens (including phenoxy) is 1. The number of hydrogen-bond donors (Lipinski definition) is 2. The molecule has 0 spiro atoms. The minimum absolute atomic E-state index is 0.0557. The summed E-state index contributed by atoms with van der Waals surface area (Å²) < 4.78 is 18.6. The third-order valence-electron chi connectivity index (χ3n) is 2.90. The van der Waals surface area contributed by atoms with Crippen LogP contribution in [0, 0.1) is 15.9 Å². The summed E-state index contributed by atoms with van der Waals surface area (Å²) in [6.45, 7) is 0.124. The molecule has 2 aromatic rings. The molecule has 0 heterocycles. The standard InChI is InChI=1S/C14H13FN2O4/c1-21-13-6-5-9(7-12(13)18)8-16-14-10(15)3-2-4-11(14)17(19)20/h2-7,16,18H,8H2,1H3. The Hall–Kier alpha value is -2.83. The first-order valence-electron chi connectivity index (χ1n) is 6.05. The molecule has 7 heteroatoms. The Labute approximate surface area is 119 Å². The number of para-hydroxylation sites is 1. The summed E-state index contributed by atoms with van der Waals surface area (Å²) in [5.74, 6) is -0.447. The van der Waals surface area contributed by atoms with Crippen molar-refractivity contribution in [3.63, 3.8) is 0 Å². The van der Waals surface area contributed by atoms with Crippen molar-refractivity contribution in [3.8, 4) is 11.5 Å². The maximum atomic E-state index is 13.7. The third kappa shape index (κ3) is 3.19. The molecule has 2 N–H and O–H groups in total. The van der Waals surface area contributed by atoms with Gasteiger partial charge in [0.25, 0.3) is 5.69 Å². The number of nitrogens with one attached hydrogen (secondary N) is 1. The van der Waals surface area contributed by atoms with E-state index in [1.54, 1.807) is 12.1 Å². The number of rotatable bonds is 5. The number of hydrogen-bond acceptors (Lipinski definition) is 5. The fourth-order valence-electron chi connectivity index (χ4n) is 1.88. The van der Waals surface area contributed by atoms with Crippen molar-refractivity contribution in [2.45, 2.75) is 6.54 Å². The lowest BCUT2D eigenvalue weighted by atomic mass is 10.2. The molecule has 0 aliphatic carbocycles. The molecule has 0 radical (unpaired) electrons. The minimum atomic E-state index is -0.707. The van der Waals surface area contributed by atoms with E-state index in [0.29, 0.717) is 11.3 Å². The summed E-state index contributed by atoms with van der Waals surface area (Å²) in [6.07, 6.45) is 0. The Morgan fingerprint density at radius 2 is 2.14 bits per heavy atom. The fraction of sp³-hybridized carbons (Fsp3) is 0.143. The Morgan fingerprint density at radius 3 is 2.76 bits per heavy atom. The van der Waals surface area contributed by atoms with E-state index in [-0.39, 0.29) is 23.7 Å². The van der Waals surface area contributed by atoms with E-state index in [1.165, 1.54) is 25.3 Å². The number of halogens is 1. The first-order chi connectivity index (χ1) is 10.0. The van der Waals surface area contributed by atoms with Gasteiger partial charge in [-0.15, -0.1) is 0 Å². The van der Waals surface area contributed by atoms with Crippen LogP contribution in [-0.2, 0) is 6.54 Å². The summed E-state index contributed by atoms with van der Waals surface area (Å²) in [5.41, 5.74) is 0.108. The van der Waals surface area contributed by atoms with Crippen LogP contribution in [0.2, 0.25) is 0 Å². The van der Waals surface area contributed by atoms with E-state index in [0.717, 1.165) is 6.07 Å². The average Bonchev–Trinajstić information content (AvgIpc) is 2.45. The number of methoxy groups -OCH3 is 1. The monoisotopic (exact) mass is 292 g/mol. The van der Waals surface area contributed by atoms with Gasteiger partial charge in [-0.1, -0.05) is 12.1 Å². The number of benzene rings is 2. The summed E-state index contributed by atoms with van der Waals surface area (Å²) in [6, 6.07) is 8.30. The zero-order valence-electron chi connectivity index (χ0n) is 11.2. The second-order valence-corrected chi connectivity index (χ2v) is 4.25. The highest BCUT2D eigenvalue weighted by molar-refractivity contribution is 5.62. The minimum Gasteiger partial charge on any atom is -0.504 e. The van der Waals surface area contributed by atoms with Crippen LogP contribution in [0.5, 0.6) is 11.5 Å². The predicted molar refractivity (Wildman–Crippen MR) is 75.0 cm³/mol. The number of phenolic OH excluding ortho intramolecular Hbond substituents is 1. The average molecular weight is 292 g/mol. The molecule has 0 unspecified atom stereocenters. The van der Waals surface area contributed by atoms with Crippen molar-refractivity contribution >= 4 is 11.4 Å². The van der Waals surface area contributed by atoms with E-state index in [1.807, 2.05) is 0 Å². The van der Waals surface area contributed by atoms with Gasteiger partial charge in [-0.25, -0.2) is 4.39 Å². The van der Waals surface area contributed by atoms with Crippen LogP contribution in [0.3, 0.4) is 0 Å². The van der Waals surface area contributed by atoms with Gasteiger partial charge < -0.3 is 15.2 Å². The molecule has 6 nitrogen and oxygen atoms in total. The highest BCUT2D eigenvalue weighted by atomic mass is 19.1. The van der Waals surface area contributed by atoms with Crippen LogP contribution in [0.4, 0.5) is 15.8 Å². The van der Waals surface area contributed by atoms with Crippen LogP contribution in [-0.4, -0.2) is 17.1 Å². The molecule has 0 amide bonds. The van der Waals surface area contributed by atoms with E-state index in [4.69, 9.17) is 4.74 Å². The van der Waals surface area contributed by atoms with Crippen molar-refractivity contribution in [2.75, 3.05) is 12.4 Å². The zero-order valence-corrected chi connectivity index (χ0v) is 11.2. The first kappa shape index (κ1) is 14.6. The number of nitrogens with zero attached hydrogens (tertiary/aromatic N) is 1. The Bertz CT molecular complexity index is 676. The molecule has 0 aromatic heterocycles. The van der Waals surface area contributed by atoms with Crippen molar-refractivity contribution in [1.82, 2.24) is 0 Å². The van der Waals surface area contributed by atoms with Crippen LogP contribution in [0.15, 0.2) is 36.4 Å². The zero-order chi connectivity index (χ0) is 15.4. The number of nitro groups is 1. The Morgan fingerprint density at radius 1 is 1.38 bits per heavy atom. The van der Waals surface area contributed by atoms with Gasteiger partial charge in [-0.2, -0.15) is 0 Å². The van der Waals surface area contributed by atoms with Crippen molar-refractivity contribution in [1.29, 1.82) is 0 Å². The molecule has 21 heavy (non-hydrogen) atoms. The SMILES string of the molecule is COc1ccc(CNc2c(F)cccc2[N+](=O)[O-])cc1O. The molecule has 0 atom stereocenters. The summed E-state index contributed by atoms with van der Waals surface area (Å²) >= 11 is 0. The van der Waals surface area contributed by atoms with Crippen LogP contribution in [0.25, 0.3) is 0 Å². The topological polar surface area (TPSA) is 84.6 Å². The van der Waals surface area contributed by atoms with Crippen LogP contribution >= 0.6 is 0 Å². The maximum absolute atomic E-state index is 13.7. The lowest BCUT2D eigenvalue weighted by Crippen LogP contribution is -2.04. The first-order valence-corrected chi connectivity index (χ1v) is 6.05. The molecular formula is C14H13FN2O4. The Kier molecular flexibility index (Phi) is 4.22. The molecule has 0 bridgehead atoms. The quantitative estimate of drug-likeness (QED) is 0.653. The number of nitro benzene ring substituents is 1. The largest absolute Gasteiger partial charge is 0.504 e. The van der Waals surface area contributed by atoms with Crippen molar-refractivity contribution in [3.05, 3.63) is 57.9 Å². The molecule has 110 valence electrons. The van der Waals surface area contributed by atoms with Crippen molar-refractivity contribution < 1.29 is 19.2 Å². The smallest absolute Gasteiger partial charge is 0.295 e. The Balaban J connectivity index is 2.20. The van der Waals surface area contributed by atoms with Gasteiger partial charge >= 0.3 is 0 Å². The highest BCUT2D eigenvalue weighted by Gasteiger charge is 2.17. The van der Waals surface area contributed by atoms with Gasteiger partial charge in [0.1, 0.15) is 5.69 Å². The number of phenols is 1. The van der Waals surface area contributed by atoms with E-state index in [9.17, 15) is 19.6 Å². The van der Waals surface area contributed by atoms with Crippen LogP contribution in [0.1, 0.15) is 5.56 Å². The van der Waals surface area contributed by atoms with E-state index < -0.39 is 10.7 Å². The molecular weight excluding hydrogens is 279 g/mol. The van der Waals surface area contributed by atoms with E-state index in [2.05, 4.69) is 5.32 Å². The van der Waals surface area contributed by atoms with Gasteiger partial charge in [0.2, 0.25) is 0 Å². The van der Waals surface area contributed by atoms with Gasteiger partial charge in [0.15, 0.2) is 17.3 Å². The number of aromatic hydroxyl groups is 1. The van der Waals surface area contributed by atoms with Crippen molar-refractivity contribution in [2.24, 2.45) is 0 Å². The molecule has 2 rings (SSSR count). The summed E-state index contributed by atoms with van der Waals surface area (Å²) in [4.78, 5) is 10.2. The van der Waals surface area contributed by atoms with Gasteiger partial charge in [-0.3, -0.25) is 10.1 Å². The fourth-order valence-corrected chi connectivity index (χ4v) is 1.88. The molecule has 2 aromatic carbocycles. The third-order valence-corrected chi connectivity index (χ3v) is 2.90.